The van der Waals surface area contributed by atoms with Crippen molar-refractivity contribution in [2.75, 3.05) is 0 Å². The summed E-state index contributed by atoms with van der Waals surface area (Å²) in [7, 11) is -3.43. The molecule has 0 aliphatic heterocycles. The Balaban J connectivity index is 1.84. The highest BCUT2D eigenvalue weighted by molar-refractivity contribution is 9.10. The zero-order valence-corrected chi connectivity index (χ0v) is 13.9. The van der Waals surface area contributed by atoms with Gasteiger partial charge in [-0.05, 0) is 35.7 Å². The molecule has 108 valence electrons. The van der Waals surface area contributed by atoms with E-state index in [1.807, 2.05) is 17.5 Å². The van der Waals surface area contributed by atoms with Gasteiger partial charge in [0.1, 0.15) is 5.75 Å². The molecule has 0 fully saturated rings. The van der Waals surface area contributed by atoms with Crippen LogP contribution < -0.4 is 0 Å². The van der Waals surface area contributed by atoms with Gasteiger partial charge >= 0.3 is 0 Å². The first kappa shape index (κ1) is 14.5. The molecule has 0 radical (unpaired) electrons. The summed E-state index contributed by atoms with van der Waals surface area (Å²) >= 11 is 4.80. The van der Waals surface area contributed by atoms with Crippen LogP contribution in [0.15, 0.2) is 61.7 Å². The van der Waals surface area contributed by atoms with Crippen molar-refractivity contribution in [1.82, 2.24) is 5.16 Å². The molecule has 0 saturated carbocycles. The average Bonchev–Trinajstić information content (AvgIpc) is 3.09. The predicted octanol–water partition coefficient (Wildman–Crippen LogP) is 4.14. The molecule has 1 aromatic carbocycles. The summed E-state index contributed by atoms with van der Waals surface area (Å²) in [5, 5.41) is 5.77. The van der Waals surface area contributed by atoms with Crippen LogP contribution in [0.25, 0.3) is 10.6 Å². The summed E-state index contributed by atoms with van der Waals surface area (Å²) in [5.74, 6) is 0.412. The number of hydrogen-bond acceptors (Lipinski definition) is 5. The lowest BCUT2D eigenvalue weighted by Gasteiger charge is -2.01. The maximum absolute atomic E-state index is 12.3. The Morgan fingerprint density at radius 3 is 2.62 bits per heavy atom. The summed E-state index contributed by atoms with van der Waals surface area (Å²) in [6.07, 6.45) is 0. The molecule has 21 heavy (non-hydrogen) atoms. The molecule has 0 aliphatic carbocycles. The Morgan fingerprint density at radius 2 is 1.95 bits per heavy atom. The van der Waals surface area contributed by atoms with Crippen LogP contribution in [0.2, 0.25) is 0 Å². The highest BCUT2D eigenvalue weighted by Crippen LogP contribution is 2.26. The minimum atomic E-state index is -3.43. The van der Waals surface area contributed by atoms with Gasteiger partial charge in [0, 0.05) is 10.5 Å². The quantitative estimate of drug-likeness (QED) is 0.678. The molecule has 0 unspecified atom stereocenters. The van der Waals surface area contributed by atoms with Crippen molar-refractivity contribution in [3.8, 4) is 10.6 Å². The molecular formula is C14H10BrNO3S2. The first-order valence-corrected chi connectivity index (χ1v) is 9.35. The van der Waals surface area contributed by atoms with Gasteiger partial charge in [0.05, 0.1) is 15.5 Å². The number of hydrogen-bond donors (Lipinski definition) is 0. The van der Waals surface area contributed by atoms with Crippen LogP contribution in [-0.4, -0.2) is 13.6 Å². The molecule has 0 bridgehead atoms. The molecule has 3 aromatic rings. The van der Waals surface area contributed by atoms with E-state index in [9.17, 15) is 8.42 Å². The van der Waals surface area contributed by atoms with Crippen LogP contribution in [0.1, 0.15) is 5.69 Å². The largest absolute Gasteiger partial charge is 0.355 e. The van der Waals surface area contributed by atoms with E-state index in [2.05, 4.69) is 21.1 Å². The molecule has 0 spiro atoms. The Hall–Kier alpha value is -1.44. The molecule has 2 heterocycles. The fraction of sp³-hybridized carbons (Fsp3) is 0.0714. The Kier molecular flexibility index (Phi) is 3.97. The van der Waals surface area contributed by atoms with Gasteiger partial charge in [-0.2, -0.15) is 0 Å². The molecule has 2 aromatic heterocycles. The minimum absolute atomic E-state index is 0.177. The van der Waals surface area contributed by atoms with Crippen LogP contribution >= 0.6 is 27.3 Å². The van der Waals surface area contributed by atoms with Crippen molar-refractivity contribution in [2.45, 2.75) is 10.6 Å². The standard InChI is InChI=1S/C14H10BrNO3S2/c15-10-3-5-12(6-4-10)21(17,18)9-11-8-13(19-16-11)14-2-1-7-20-14/h1-8H,9H2. The fourth-order valence-electron chi connectivity index (χ4n) is 1.83. The molecule has 4 nitrogen and oxygen atoms in total. The first-order valence-electron chi connectivity index (χ1n) is 6.02. The summed E-state index contributed by atoms with van der Waals surface area (Å²) in [6, 6.07) is 12.0. The van der Waals surface area contributed by atoms with Gasteiger partial charge in [-0.15, -0.1) is 11.3 Å². The molecular weight excluding hydrogens is 374 g/mol. The van der Waals surface area contributed by atoms with E-state index in [1.54, 1.807) is 30.3 Å². The third-order valence-corrected chi connectivity index (χ3v) is 5.91. The maximum atomic E-state index is 12.3. The number of benzene rings is 1. The second kappa shape index (κ2) is 5.75. The summed E-state index contributed by atoms with van der Waals surface area (Å²) in [6.45, 7) is 0. The molecule has 7 heteroatoms. The van der Waals surface area contributed by atoms with E-state index in [-0.39, 0.29) is 10.6 Å². The van der Waals surface area contributed by atoms with Crippen molar-refractivity contribution in [3.63, 3.8) is 0 Å². The predicted molar refractivity (Wildman–Crippen MR) is 84.8 cm³/mol. The molecule has 0 N–H and O–H groups in total. The van der Waals surface area contributed by atoms with Crippen molar-refractivity contribution >= 4 is 37.1 Å². The number of rotatable bonds is 4. The summed E-state index contributed by atoms with van der Waals surface area (Å²) in [5.41, 5.74) is 0.404. The van der Waals surface area contributed by atoms with Crippen LogP contribution in [0, 0.1) is 0 Å². The molecule has 0 aliphatic rings. The lowest BCUT2D eigenvalue weighted by molar-refractivity contribution is 0.426. The van der Waals surface area contributed by atoms with Crippen molar-refractivity contribution in [1.29, 1.82) is 0 Å². The number of sulfone groups is 1. The SMILES string of the molecule is O=S(=O)(Cc1cc(-c2cccs2)on1)c1ccc(Br)cc1. The Bertz CT molecular complexity index is 837. The summed E-state index contributed by atoms with van der Waals surface area (Å²) in [4.78, 5) is 1.20. The van der Waals surface area contributed by atoms with Gasteiger partial charge in [-0.1, -0.05) is 27.2 Å². The Labute approximate surface area is 134 Å². The zero-order valence-electron chi connectivity index (χ0n) is 10.7. The van der Waals surface area contributed by atoms with Gasteiger partial charge in [0.25, 0.3) is 0 Å². The molecule has 0 saturated heterocycles. The third-order valence-electron chi connectivity index (χ3n) is 2.83. The van der Waals surface area contributed by atoms with E-state index in [1.165, 1.54) is 11.3 Å². The third kappa shape index (κ3) is 3.25. The topological polar surface area (TPSA) is 60.2 Å². The number of halogens is 1. The number of aromatic nitrogens is 1. The highest BCUT2D eigenvalue weighted by Gasteiger charge is 2.18. The minimum Gasteiger partial charge on any atom is -0.355 e. The van der Waals surface area contributed by atoms with Crippen LogP contribution in [0.3, 0.4) is 0 Å². The van der Waals surface area contributed by atoms with Gasteiger partial charge in [0.2, 0.25) is 0 Å². The van der Waals surface area contributed by atoms with Gasteiger partial charge < -0.3 is 4.52 Å². The van der Waals surface area contributed by atoms with Crippen LogP contribution in [0.4, 0.5) is 0 Å². The summed E-state index contributed by atoms with van der Waals surface area (Å²) < 4.78 is 30.7. The van der Waals surface area contributed by atoms with Crippen LogP contribution in [-0.2, 0) is 15.6 Å². The normalized spacial score (nSPS) is 11.7. The van der Waals surface area contributed by atoms with Crippen molar-refractivity contribution in [3.05, 3.63) is 58.0 Å². The van der Waals surface area contributed by atoms with Gasteiger partial charge in [0.15, 0.2) is 15.6 Å². The van der Waals surface area contributed by atoms with E-state index in [4.69, 9.17) is 4.52 Å². The highest BCUT2D eigenvalue weighted by atomic mass is 79.9. The molecule has 0 amide bonds. The molecule has 0 atom stereocenters. The fourth-order valence-corrected chi connectivity index (χ4v) is 4.02. The number of thiophene rings is 1. The second-order valence-corrected chi connectivity index (χ2v) is 8.23. The first-order chi connectivity index (χ1) is 10.0. The van der Waals surface area contributed by atoms with Gasteiger partial charge in [-0.25, -0.2) is 8.42 Å². The Morgan fingerprint density at radius 1 is 1.19 bits per heavy atom. The van der Waals surface area contributed by atoms with E-state index in [0.29, 0.717) is 11.5 Å². The van der Waals surface area contributed by atoms with Crippen molar-refractivity contribution < 1.29 is 12.9 Å². The zero-order chi connectivity index (χ0) is 14.9. The maximum Gasteiger partial charge on any atom is 0.184 e. The van der Waals surface area contributed by atoms with Crippen LogP contribution in [0.5, 0.6) is 0 Å². The lowest BCUT2D eigenvalue weighted by atomic mass is 10.3. The van der Waals surface area contributed by atoms with E-state index in [0.717, 1.165) is 9.35 Å². The second-order valence-electron chi connectivity index (χ2n) is 4.37. The number of nitrogens with zero attached hydrogens (tertiary/aromatic N) is 1. The van der Waals surface area contributed by atoms with Crippen molar-refractivity contribution in [2.24, 2.45) is 0 Å². The average molecular weight is 384 g/mol. The van der Waals surface area contributed by atoms with Gasteiger partial charge in [-0.3, -0.25) is 0 Å². The lowest BCUT2D eigenvalue weighted by Crippen LogP contribution is -2.04. The van der Waals surface area contributed by atoms with E-state index < -0.39 is 9.84 Å². The smallest absolute Gasteiger partial charge is 0.184 e. The molecule has 3 rings (SSSR count). The van der Waals surface area contributed by atoms with E-state index >= 15 is 0 Å². The monoisotopic (exact) mass is 383 g/mol.